The van der Waals surface area contributed by atoms with Crippen molar-refractivity contribution in [3.8, 4) is 0 Å². The summed E-state index contributed by atoms with van der Waals surface area (Å²) in [6, 6.07) is 8.73. The van der Waals surface area contributed by atoms with Crippen molar-refractivity contribution in [2.24, 2.45) is 29.4 Å². The van der Waals surface area contributed by atoms with E-state index in [1.807, 2.05) is 0 Å². The van der Waals surface area contributed by atoms with Crippen molar-refractivity contribution < 1.29 is 4.79 Å². The zero-order valence-corrected chi connectivity index (χ0v) is 16.4. The van der Waals surface area contributed by atoms with E-state index in [2.05, 4.69) is 48.3 Å². The van der Waals surface area contributed by atoms with E-state index in [1.54, 1.807) is 0 Å². The van der Waals surface area contributed by atoms with Crippen LogP contribution in [0.5, 0.6) is 0 Å². The van der Waals surface area contributed by atoms with E-state index >= 15 is 0 Å². The van der Waals surface area contributed by atoms with Crippen molar-refractivity contribution in [1.29, 1.82) is 0 Å². The molecule has 0 bridgehead atoms. The molecule has 2 aliphatic rings. The van der Waals surface area contributed by atoms with E-state index in [0.29, 0.717) is 19.0 Å². The molecular weight excluding hydrogens is 322 g/mol. The number of nitrogens with zero attached hydrogens (tertiary/aromatic N) is 1. The van der Waals surface area contributed by atoms with E-state index in [0.717, 1.165) is 37.6 Å². The molecule has 0 spiro atoms. The van der Waals surface area contributed by atoms with Gasteiger partial charge in [0.25, 0.3) is 0 Å². The highest BCUT2D eigenvalue weighted by Gasteiger charge is 2.31. The molecule has 0 aromatic heterocycles. The Morgan fingerprint density at radius 2 is 1.77 bits per heavy atom. The van der Waals surface area contributed by atoms with Crippen molar-refractivity contribution in [1.82, 2.24) is 10.2 Å². The summed E-state index contributed by atoms with van der Waals surface area (Å²) in [6.45, 7) is 9.38. The maximum absolute atomic E-state index is 12.4. The van der Waals surface area contributed by atoms with Gasteiger partial charge in [-0.1, -0.05) is 44.5 Å². The van der Waals surface area contributed by atoms with Gasteiger partial charge in [-0.15, -0.1) is 0 Å². The predicted octanol–water partition coefficient (Wildman–Crippen LogP) is 3.16. The molecule has 1 aromatic carbocycles. The second-order valence-corrected chi connectivity index (χ2v) is 8.71. The van der Waals surface area contributed by atoms with Crippen molar-refractivity contribution in [3.05, 3.63) is 35.4 Å². The summed E-state index contributed by atoms with van der Waals surface area (Å²) in [6.07, 6.45) is 4.56. The van der Waals surface area contributed by atoms with E-state index in [9.17, 15) is 4.79 Å². The Hall–Kier alpha value is -1.39. The number of hydrogen-bond donors (Lipinski definition) is 2. The van der Waals surface area contributed by atoms with Gasteiger partial charge in [0.05, 0.1) is 0 Å². The van der Waals surface area contributed by atoms with Gasteiger partial charge in [-0.2, -0.15) is 0 Å². The third-order valence-electron chi connectivity index (χ3n) is 6.14. The number of likely N-dealkylation sites (tertiary alicyclic amines) is 1. The van der Waals surface area contributed by atoms with Gasteiger partial charge < -0.3 is 11.1 Å². The number of benzene rings is 1. The fourth-order valence-corrected chi connectivity index (χ4v) is 4.93. The zero-order valence-electron chi connectivity index (χ0n) is 16.4. The summed E-state index contributed by atoms with van der Waals surface area (Å²) in [5, 5.41) is 3.11. The van der Waals surface area contributed by atoms with Gasteiger partial charge in [-0.05, 0) is 54.7 Å². The summed E-state index contributed by atoms with van der Waals surface area (Å²) < 4.78 is 0. The maximum Gasteiger partial charge on any atom is 0.223 e. The number of amides is 1. The molecular formula is C22H35N3O. The maximum atomic E-state index is 12.4. The van der Waals surface area contributed by atoms with Crippen LogP contribution in [0.3, 0.4) is 0 Å². The van der Waals surface area contributed by atoms with Crippen LogP contribution >= 0.6 is 0 Å². The van der Waals surface area contributed by atoms with Gasteiger partial charge in [-0.25, -0.2) is 0 Å². The molecule has 4 heteroatoms. The Bertz CT molecular complexity index is 576. The number of carbonyl (C=O) groups excluding carboxylic acids is 1. The molecule has 1 saturated heterocycles. The van der Waals surface area contributed by atoms with Crippen molar-refractivity contribution in [3.63, 3.8) is 0 Å². The van der Waals surface area contributed by atoms with Gasteiger partial charge in [0.2, 0.25) is 5.91 Å². The molecule has 144 valence electrons. The van der Waals surface area contributed by atoms with Crippen LogP contribution in [0.1, 0.15) is 50.7 Å². The van der Waals surface area contributed by atoms with Crippen molar-refractivity contribution in [2.75, 3.05) is 19.6 Å². The fourth-order valence-electron chi connectivity index (χ4n) is 4.93. The molecule has 1 heterocycles. The molecule has 2 fully saturated rings. The summed E-state index contributed by atoms with van der Waals surface area (Å²) >= 11 is 0. The van der Waals surface area contributed by atoms with E-state index < -0.39 is 0 Å². The van der Waals surface area contributed by atoms with E-state index in [-0.39, 0.29) is 11.8 Å². The van der Waals surface area contributed by atoms with Crippen LogP contribution < -0.4 is 11.1 Å². The Kier molecular flexibility index (Phi) is 6.71. The topological polar surface area (TPSA) is 58.4 Å². The predicted molar refractivity (Wildman–Crippen MR) is 106 cm³/mol. The first-order valence-electron chi connectivity index (χ1n) is 10.3. The second kappa shape index (κ2) is 9.01. The second-order valence-electron chi connectivity index (χ2n) is 8.71. The average Bonchev–Trinajstić information content (AvgIpc) is 3.09. The highest BCUT2D eigenvalue weighted by molar-refractivity contribution is 5.79. The Balaban J connectivity index is 1.48. The molecule has 1 aliphatic heterocycles. The minimum absolute atomic E-state index is 0.113. The van der Waals surface area contributed by atoms with Crippen LogP contribution in [-0.4, -0.2) is 30.4 Å². The minimum Gasteiger partial charge on any atom is -0.352 e. The number of rotatable bonds is 6. The lowest BCUT2D eigenvalue weighted by atomic mass is 9.91. The highest BCUT2D eigenvalue weighted by Crippen LogP contribution is 2.31. The first kappa shape index (κ1) is 19.4. The monoisotopic (exact) mass is 357 g/mol. The zero-order chi connectivity index (χ0) is 18.5. The molecule has 3 rings (SSSR count). The Labute approximate surface area is 158 Å². The largest absolute Gasteiger partial charge is 0.352 e. The summed E-state index contributed by atoms with van der Waals surface area (Å²) in [4.78, 5) is 15.0. The van der Waals surface area contributed by atoms with Crippen LogP contribution in [0.2, 0.25) is 0 Å². The molecule has 1 aliphatic carbocycles. The summed E-state index contributed by atoms with van der Waals surface area (Å²) in [5.41, 5.74) is 8.33. The number of carbonyl (C=O) groups is 1. The van der Waals surface area contributed by atoms with Crippen LogP contribution in [-0.2, 0) is 17.9 Å². The third-order valence-corrected chi connectivity index (χ3v) is 6.14. The van der Waals surface area contributed by atoms with E-state index in [4.69, 9.17) is 5.73 Å². The highest BCUT2D eigenvalue weighted by atomic mass is 16.1. The van der Waals surface area contributed by atoms with Crippen molar-refractivity contribution in [2.45, 2.75) is 52.6 Å². The first-order valence-corrected chi connectivity index (χ1v) is 10.3. The van der Waals surface area contributed by atoms with Crippen LogP contribution in [0.4, 0.5) is 0 Å². The summed E-state index contributed by atoms with van der Waals surface area (Å²) in [5.74, 6) is 2.25. The lowest BCUT2D eigenvalue weighted by Crippen LogP contribution is -2.38. The molecule has 4 nitrogen and oxygen atoms in total. The lowest BCUT2D eigenvalue weighted by molar-refractivity contribution is -0.126. The van der Waals surface area contributed by atoms with Gasteiger partial charge in [0, 0.05) is 32.1 Å². The van der Waals surface area contributed by atoms with Gasteiger partial charge in [0.1, 0.15) is 0 Å². The standard InChI is InChI=1S/C22H35N3O/c1-16-10-17(2)14-25(13-16)15-19-8-6-18(7-9-19)12-24-22(26)21-5-3-4-20(21)11-23/h6-9,16-17,20-21H,3-5,10-15,23H2,1-2H3,(H,24,26)/t16?,17?,20-,21-/m1/s1. The van der Waals surface area contributed by atoms with Crippen LogP contribution in [0.25, 0.3) is 0 Å². The third kappa shape index (κ3) is 5.08. The number of hydrogen-bond acceptors (Lipinski definition) is 3. The Morgan fingerprint density at radius 1 is 1.12 bits per heavy atom. The van der Waals surface area contributed by atoms with Gasteiger partial charge in [-0.3, -0.25) is 9.69 Å². The molecule has 3 N–H and O–H groups in total. The minimum atomic E-state index is 0.113. The summed E-state index contributed by atoms with van der Waals surface area (Å²) in [7, 11) is 0. The SMILES string of the molecule is CC1CC(C)CN(Cc2ccc(CNC(=O)[C@@H]3CCC[C@@H]3CN)cc2)C1. The number of nitrogens with one attached hydrogen (secondary N) is 1. The van der Waals surface area contributed by atoms with Gasteiger partial charge >= 0.3 is 0 Å². The van der Waals surface area contributed by atoms with Gasteiger partial charge in [0.15, 0.2) is 0 Å². The number of nitrogens with two attached hydrogens (primary N) is 1. The molecule has 26 heavy (non-hydrogen) atoms. The number of piperidine rings is 1. The van der Waals surface area contributed by atoms with Crippen LogP contribution in [0.15, 0.2) is 24.3 Å². The molecule has 1 saturated carbocycles. The normalized spacial score (nSPS) is 29.7. The molecule has 1 amide bonds. The average molecular weight is 358 g/mol. The fraction of sp³-hybridized carbons (Fsp3) is 0.682. The molecule has 1 aromatic rings. The first-order chi connectivity index (χ1) is 12.5. The quantitative estimate of drug-likeness (QED) is 0.822. The lowest BCUT2D eigenvalue weighted by Gasteiger charge is -2.35. The molecule has 2 unspecified atom stereocenters. The smallest absolute Gasteiger partial charge is 0.223 e. The molecule has 0 radical (unpaired) electrons. The van der Waals surface area contributed by atoms with Crippen LogP contribution in [0, 0.1) is 23.7 Å². The molecule has 4 atom stereocenters. The van der Waals surface area contributed by atoms with Crippen molar-refractivity contribution >= 4 is 5.91 Å². The Morgan fingerprint density at radius 3 is 2.42 bits per heavy atom. The van der Waals surface area contributed by atoms with E-state index in [1.165, 1.54) is 30.6 Å².